The van der Waals surface area contributed by atoms with Crippen LogP contribution in [0.25, 0.3) is 0 Å². The third kappa shape index (κ3) is 2.45. The topological polar surface area (TPSA) is 83.0 Å². The molecule has 2 rings (SSSR count). The molecule has 100 valence electrons. The van der Waals surface area contributed by atoms with Gasteiger partial charge in [-0.05, 0) is 25.1 Å². The van der Waals surface area contributed by atoms with E-state index < -0.39 is 0 Å². The maximum atomic E-state index is 12.4. The Morgan fingerprint density at radius 3 is 2.75 bits per heavy atom. The lowest BCUT2D eigenvalue weighted by atomic mass is 10.1. The highest BCUT2D eigenvalue weighted by Crippen LogP contribution is 2.22. The van der Waals surface area contributed by atoms with Crippen molar-refractivity contribution in [2.75, 3.05) is 17.7 Å². The van der Waals surface area contributed by atoms with Gasteiger partial charge in [0.05, 0.1) is 16.8 Å². The van der Waals surface area contributed by atoms with Crippen LogP contribution in [0.2, 0.25) is 0 Å². The number of para-hydroxylation sites is 1. The lowest BCUT2D eigenvalue weighted by Crippen LogP contribution is -2.28. The summed E-state index contributed by atoms with van der Waals surface area (Å²) >= 11 is 0. The standard InChI is InChI=1S/C15H14N4O/c1-10-7-13(17)12(9-18-10)15(20)19(2)14-6-4-3-5-11(14)8-16/h3-7,9H,1-2H3,(H2,17,18). The van der Waals surface area contributed by atoms with Gasteiger partial charge >= 0.3 is 0 Å². The molecular weight excluding hydrogens is 252 g/mol. The molecule has 0 radical (unpaired) electrons. The molecule has 2 aromatic rings. The Labute approximate surface area is 117 Å². The fraction of sp³-hybridized carbons (Fsp3) is 0.133. The number of aromatic nitrogens is 1. The van der Waals surface area contributed by atoms with Gasteiger partial charge in [-0.15, -0.1) is 0 Å². The number of benzene rings is 1. The number of hydrogen-bond acceptors (Lipinski definition) is 4. The fourth-order valence-corrected chi connectivity index (χ4v) is 1.91. The summed E-state index contributed by atoms with van der Waals surface area (Å²) in [5, 5.41) is 9.09. The molecule has 0 aliphatic rings. The summed E-state index contributed by atoms with van der Waals surface area (Å²) in [7, 11) is 1.61. The zero-order valence-electron chi connectivity index (χ0n) is 11.3. The first-order valence-electron chi connectivity index (χ1n) is 6.04. The molecule has 20 heavy (non-hydrogen) atoms. The molecule has 0 unspecified atom stereocenters. The molecule has 1 aromatic heterocycles. The first kappa shape index (κ1) is 13.6. The number of nitrogen functional groups attached to an aromatic ring is 1. The zero-order chi connectivity index (χ0) is 14.7. The molecule has 0 fully saturated rings. The minimum Gasteiger partial charge on any atom is -0.398 e. The number of aryl methyl sites for hydroxylation is 1. The van der Waals surface area contributed by atoms with E-state index in [4.69, 9.17) is 11.0 Å². The summed E-state index contributed by atoms with van der Waals surface area (Å²) in [5.41, 5.74) is 8.28. The third-order valence-corrected chi connectivity index (χ3v) is 2.99. The van der Waals surface area contributed by atoms with Crippen molar-refractivity contribution < 1.29 is 4.79 Å². The second-order valence-electron chi connectivity index (χ2n) is 4.41. The van der Waals surface area contributed by atoms with Crippen LogP contribution in [0, 0.1) is 18.3 Å². The van der Waals surface area contributed by atoms with E-state index >= 15 is 0 Å². The Bertz CT molecular complexity index is 703. The van der Waals surface area contributed by atoms with Crippen LogP contribution >= 0.6 is 0 Å². The number of amides is 1. The van der Waals surface area contributed by atoms with Gasteiger partial charge < -0.3 is 10.6 Å². The minimum atomic E-state index is -0.294. The SMILES string of the molecule is Cc1cc(N)c(C(=O)N(C)c2ccccc2C#N)cn1. The van der Waals surface area contributed by atoms with Gasteiger partial charge in [-0.1, -0.05) is 12.1 Å². The number of carbonyl (C=O) groups is 1. The highest BCUT2D eigenvalue weighted by atomic mass is 16.2. The van der Waals surface area contributed by atoms with E-state index in [1.54, 1.807) is 44.3 Å². The summed E-state index contributed by atoms with van der Waals surface area (Å²) in [5.74, 6) is -0.294. The summed E-state index contributed by atoms with van der Waals surface area (Å²) < 4.78 is 0. The monoisotopic (exact) mass is 266 g/mol. The molecule has 1 amide bonds. The Kier molecular flexibility index (Phi) is 3.67. The molecule has 0 saturated heterocycles. The largest absolute Gasteiger partial charge is 0.398 e. The van der Waals surface area contributed by atoms with Gasteiger partial charge in [0.25, 0.3) is 5.91 Å². The fourth-order valence-electron chi connectivity index (χ4n) is 1.91. The minimum absolute atomic E-state index is 0.294. The maximum absolute atomic E-state index is 12.4. The van der Waals surface area contributed by atoms with Crippen molar-refractivity contribution in [1.29, 1.82) is 5.26 Å². The molecule has 0 atom stereocenters. The van der Waals surface area contributed by atoms with E-state index in [1.165, 1.54) is 11.1 Å². The molecule has 0 aliphatic carbocycles. The Balaban J connectivity index is 2.41. The summed E-state index contributed by atoms with van der Waals surface area (Å²) in [6.07, 6.45) is 1.46. The van der Waals surface area contributed by atoms with Crippen molar-refractivity contribution in [2.45, 2.75) is 6.92 Å². The first-order valence-corrected chi connectivity index (χ1v) is 6.04. The van der Waals surface area contributed by atoms with Crippen LogP contribution in [0.5, 0.6) is 0 Å². The van der Waals surface area contributed by atoms with Crippen LogP contribution in [0.15, 0.2) is 36.5 Å². The molecular formula is C15H14N4O. The van der Waals surface area contributed by atoms with E-state index in [-0.39, 0.29) is 5.91 Å². The second-order valence-corrected chi connectivity index (χ2v) is 4.41. The maximum Gasteiger partial charge on any atom is 0.261 e. The van der Waals surface area contributed by atoms with E-state index in [0.717, 1.165) is 5.69 Å². The number of anilines is 2. The summed E-state index contributed by atoms with van der Waals surface area (Å²) in [4.78, 5) is 17.9. The van der Waals surface area contributed by atoms with Crippen LogP contribution in [0.3, 0.4) is 0 Å². The van der Waals surface area contributed by atoms with Gasteiger partial charge in [0, 0.05) is 24.6 Å². The molecule has 0 aliphatic heterocycles. The molecule has 0 bridgehead atoms. The number of rotatable bonds is 2. The van der Waals surface area contributed by atoms with Gasteiger partial charge in [-0.3, -0.25) is 9.78 Å². The number of nitriles is 1. The number of hydrogen-bond donors (Lipinski definition) is 1. The summed E-state index contributed by atoms with van der Waals surface area (Å²) in [6, 6.07) is 10.6. The van der Waals surface area contributed by atoms with E-state index in [0.29, 0.717) is 22.5 Å². The normalized spacial score (nSPS) is 9.85. The van der Waals surface area contributed by atoms with Crippen molar-refractivity contribution in [2.24, 2.45) is 0 Å². The smallest absolute Gasteiger partial charge is 0.261 e. The number of carbonyl (C=O) groups excluding carboxylic acids is 1. The van der Waals surface area contributed by atoms with Crippen molar-refractivity contribution in [1.82, 2.24) is 4.98 Å². The van der Waals surface area contributed by atoms with Crippen molar-refractivity contribution in [3.05, 3.63) is 53.3 Å². The third-order valence-electron chi connectivity index (χ3n) is 2.99. The predicted molar refractivity (Wildman–Crippen MR) is 77.3 cm³/mol. The number of nitrogens with two attached hydrogens (primary N) is 1. The first-order chi connectivity index (χ1) is 9.54. The van der Waals surface area contributed by atoms with E-state index in [2.05, 4.69) is 11.1 Å². The lowest BCUT2D eigenvalue weighted by molar-refractivity contribution is 0.0993. The predicted octanol–water partition coefficient (Wildman–Crippen LogP) is 2.12. The van der Waals surface area contributed by atoms with Gasteiger partial charge in [-0.25, -0.2) is 0 Å². The van der Waals surface area contributed by atoms with Gasteiger partial charge in [0.1, 0.15) is 6.07 Å². The molecule has 0 saturated carbocycles. The van der Waals surface area contributed by atoms with Gasteiger partial charge in [0.15, 0.2) is 0 Å². The molecule has 0 spiro atoms. The highest BCUT2D eigenvalue weighted by Gasteiger charge is 2.18. The van der Waals surface area contributed by atoms with Crippen LogP contribution in [0.1, 0.15) is 21.6 Å². The van der Waals surface area contributed by atoms with Crippen LogP contribution in [-0.2, 0) is 0 Å². The number of pyridine rings is 1. The average Bonchev–Trinajstić information content (AvgIpc) is 2.45. The highest BCUT2D eigenvalue weighted by molar-refractivity contribution is 6.09. The molecule has 5 nitrogen and oxygen atoms in total. The van der Waals surface area contributed by atoms with Gasteiger partial charge in [0.2, 0.25) is 0 Å². The van der Waals surface area contributed by atoms with E-state index in [1.807, 2.05) is 0 Å². The summed E-state index contributed by atoms with van der Waals surface area (Å²) in [6.45, 7) is 1.80. The number of nitrogens with zero attached hydrogens (tertiary/aromatic N) is 3. The van der Waals surface area contributed by atoms with Crippen molar-refractivity contribution in [3.8, 4) is 6.07 Å². The van der Waals surface area contributed by atoms with E-state index in [9.17, 15) is 4.79 Å². The van der Waals surface area contributed by atoms with Crippen LogP contribution in [-0.4, -0.2) is 17.9 Å². The quantitative estimate of drug-likeness (QED) is 0.902. The molecule has 5 heteroatoms. The molecule has 1 heterocycles. The Hall–Kier alpha value is -2.87. The Morgan fingerprint density at radius 2 is 2.10 bits per heavy atom. The average molecular weight is 266 g/mol. The lowest BCUT2D eigenvalue weighted by Gasteiger charge is -2.19. The van der Waals surface area contributed by atoms with Gasteiger partial charge in [-0.2, -0.15) is 5.26 Å². The zero-order valence-corrected chi connectivity index (χ0v) is 11.3. The van der Waals surface area contributed by atoms with Crippen LogP contribution < -0.4 is 10.6 Å². The van der Waals surface area contributed by atoms with Crippen LogP contribution in [0.4, 0.5) is 11.4 Å². The van der Waals surface area contributed by atoms with Crippen molar-refractivity contribution in [3.63, 3.8) is 0 Å². The molecule has 1 aromatic carbocycles. The Morgan fingerprint density at radius 1 is 1.40 bits per heavy atom. The second kappa shape index (κ2) is 5.41. The molecule has 2 N–H and O–H groups in total. The van der Waals surface area contributed by atoms with Crippen molar-refractivity contribution >= 4 is 17.3 Å².